The molecular weight excluding hydrogens is 218 g/mol. The highest BCUT2D eigenvalue weighted by molar-refractivity contribution is 5.67. The summed E-state index contributed by atoms with van der Waals surface area (Å²) in [5.41, 5.74) is 0. The summed E-state index contributed by atoms with van der Waals surface area (Å²) >= 11 is 0. The first-order valence-electron chi connectivity index (χ1n) is 4.59. The van der Waals surface area contributed by atoms with E-state index in [1.54, 1.807) is 0 Å². The van der Waals surface area contributed by atoms with Crippen molar-refractivity contribution in [2.45, 2.75) is 12.5 Å². The third-order valence-electron chi connectivity index (χ3n) is 1.30. The molecule has 0 fully saturated rings. The quantitative estimate of drug-likeness (QED) is 0.446. The molecule has 0 saturated carbocycles. The molecule has 0 saturated heterocycles. The Balaban J connectivity index is 0. The molecule has 0 aliphatic rings. The highest BCUT2D eigenvalue weighted by Gasteiger charge is 2.17. The summed E-state index contributed by atoms with van der Waals surface area (Å²) in [4.78, 5) is 19.1. The Morgan fingerprint density at radius 2 is 1.69 bits per heavy atom. The zero-order chi connectivity index (χ0) is 13.4. The van der Waals surface area contributed by atoms with Crippen molar-refractivity contribution in [3.8, 4) is 0 Å². The lowest BCUT2D eigenvalue weighted by atomic mass is 10.2. The van der Waals surface area contributed by atoms with Gasteiger partial charge in [-0.1, -0.05) is 0 Å². The van der Waals surface area contributed by atoms with Crippen molar-refractivity contribution in [1.82, 2.24) is 0 Å². The number of hydrogen-bond donors (Lipinski definition) is 3. The Morgan fingerprint density at radius 3 is 1.88 bits per heavy atom. The molecule has 0 radical (unpaired) electrons. The SMILES string of the molecule is C[N+](C)(C)CC(O)CC(=O)O.O=C([O-])CO. The van der Waals surface area contributed by atoms with Gasteiger partial charge in [-0.25, -0.2) is 0 Å². The molecule has 1 atom stereocenters. The molecule has 7 heteroatoms. The minimum atomic E-state index is -1.44. The molecule has 0 aliphatic carbocycles. The normalized spacial score (nSPS) is 12.3. The highest BCUT2D eigenvalue weighted by atomic mass is 16.4. The molecule has 0 aliphatic heterocycles. The average molecular weight is 237 g/mol. The summed E-state index contributed by atoms with van der Waals surface area (Å²) in [7, 11) is 5.72. The van der Waals surface area contributed by atoms with Gasteiger partial charge in [-0.2, -0.15) is 0 Å². The van der Waals surface area contributed by atoms with Gasteiger partial charge in [0.15, 0.2) is 0 Å². The topological polar surface area (TPSA) is 118 Å². The molecule has 3 N–H and O–H groups in total. The van der Waals surface area contributed by atoms with E-state index in [-0.39, 0.29) is 6.42 Å². The maximum absolute atomic E-state index is 10.1. The predicted octanol–water partition coefficient (Wildman–Crippen LogP) is -2.74. The lowest BCUT2D eigenvalue weighted by Crippen LogP contribution is -2.42. The second-order valence-corrected chi connectivity index (χ2v) is 4.25. The van der Waals surface area contributed by atoms with E-state index in [1.165, 1.54) is 0 Å². The number of hydrogen-bond acceptors (Lipinski definition) is 5. The van der Waals surface area contributed by atoms with Gasteiger partial charge in [0.2, 0.25) is 0 Å². The van der Waals surface area contributed by atoms with Gasteiger partial charge in [-0.05, 0) is 0 Å². The van der Waals surface area contributed by atoms with Crippen molar-refractivity contribution in [1.29, 1.82) is 0 Å². The molecule has 0 amide bonds. The predicted molar refractivity (Wildman–Crippen MR) is 53.3 cm³/mol. The first-order chi connectivity index (χ1) is 7.08. The Labute approximate surface area is 94.1 Å². The summed E-state index contributed by atoms with van der Waals surface area (Å²) in [5.74, 6) is -2.39. The number of aliphatic hydroxyl groups excluding tert-OH is 2. The minimum absolute atomic E-state index is 0.171. The zero-order valence-corrected chi connectivity index (χ0v) is 9.71. The number of carboxylic acids is 2. The Hall–Kier alpha value is -1.18. The first-order valence-corrected chi connectivity index (χ1v) is 4.59. The van der Waals surface area contributed by atoms with Gasteiger partial charge in [0.05, 0.1) is 40.1 Å². The van der Waals surface area contributed by atoms with Gasteiger partial charge in [0, 0.05) is 0 Å². The second kappa shape index (κ2) is 8.03. The van der Waals surface area contributed by atoms with Gasteiger partial charge < -0.3 is 29.7 Å². The monoisotopic (exact) mass is 237 g/mol. The van der Waals surface area contributed by atoms with Crippen LogP contribution in [0.3, 0.4) is 0 Å². The molecule has 1 unspecified atom stereocenters. The molecule has 0 heterocycles. The fourth-order valence-corrected chi connectivity index (χ4v) is 0.898. The van der Waals surface area contributed by atoms with E-state index in [0.717, 1.165) is 0 Å². The van der Waals surface area contributed by atoms with Crippen molar-refractivity contribution < 1.29 is 34.5 Å². The van der Waals surface area contributed by atoms with E-state index in [1.807, 2.05) is 21.1 Å². The molecule has 0 rings (SSSR count). The number of aliphatic hydroxyl groups is 2. The fourth-order valence-electron chi connectivity index (χ4n) is 0.898. The van der Waals surface area contributed by atoms with Crippen molar-refractivity contribution in [3.05, 3.63) is 0 Å². The van der Waals surface area contributed by atoms with E-state index < -0.39 is 24.6 Å². The molecular formula is C9H19NO6. The van der Waals surface area contributed by atoms with Gasteiger partial charge in [0.1, 0.15) is 12.6 Å². The van der Waals surface area contributed by atoms with Crippen LogP contribution in [0.25, 0.3) is 0 Å². The zero-order valence-electron chi connectivity index (χ0n) is 9.71. The largest absolute Gasteiger partial charge is 0.548 e. The van der Waals surface area contributed by atoms with E-state index in [9.17, 15) is 4.79 Å². The molecule has 0 spiro atoms. The van der Waals surface area contributed by atoms with Gasteiger partial charge in [-0.15, -0.1) is 0 Å². The van der Waals surface area contributed by atoms with Crippen LogP contribution in [-0.4, -0.2) is 72.1 Å². The van der Waals surface area contributed by atoms with Crippen LogP contribution in [0.2, 0.25) is 0 Å². The van der Waals surface area contributed by atoms with Crippen LogP contribution >= 0.6 is 0 Å². The van der Waals surface area contributed by atoms with E-state index >= 15 is 0 Å². The van der Waals surface area contributed by atoms with Gasteiger partial charge in [0.25, 0.3) is 0 Å². The first kappa shape index (κ1) is 17.2. The standard InChI is InChI=1S/C7H15NO3.C2H4O3/c1-8(2,3)5-6(9)4-7(10)11;3-1-2(4)5/h6,9H,4-5H2,1-3H3;3H,1H2,(H,4,5). The fraction of sp³-hybridized carbons (Fsp3) is 0.778. The van der Waals surface area contributed by atoms with Crippen LogP contribution in [0.1, 0.15) is 6.42 Å². The van der Waals surface area contributed by atoms with E-state index in [0.29, 0.717) is 11.0 Å². The molecule has 0 aromatic carbocycles. The summed E-state index contributed by atoms with van der Waals surface area (Å²) in [6, 6.07) is 0. The van der Waals surface area contributed by atoms with Gasteiger partial charge in [-0.3, -0.25) is 4.79 Å². The number of aliphatic carboxylic acids is 2. The molecule has 0 aromatic rings. The minimum Gasteiger partial charge on any atom is -0.548 e. The third kappa shape index (κ3) is 18.6. The molecule has 7 nitrogen and oxygen atoms in total. The number of carbonyl (C=O) groups is 2. The van der Waals surface area contributed by atoms with Crippen molar-refractivity contribution in [3.63, 3.8) is 0 Å². The molecule has 96 valence electrons. The number of carbonyl (C=O) groups excluding carboxylic acids is 1. The number of rotatable bonds is 5. The molecule has 16 heavy (non-hydrogen) atoms. The summed E-state index contributed by atoms with van der Waals surface area (Å²) in [5, 5.41) is 34.0. The lowest BCUT2D eigenvalue weighted by molar-refractivity contribution is -0.873. The van der Waals surface area contributed by atoms with Crippen LogP contribution in [0.5, 0.6) is 0 Å². The Kier molecular flexibility index (Phi) is 8.64. The summed E-state index contributed by atoms with van der Waals surface area (Å²) < 4.78 is 0.578. The highest BCUT2D eigenvalue weighted by Crippen LogP contribution is 1.98. The van der Waals surface area contributed by atoms with Crippen LogP contribution in [0.15, 0.2) is 0 Å². The van der Waals surface area contributed by atoms with Crippen LogP contribution in [-0.2, 0) is 9.59 Å². The maximum atomic E-state index is 10.1. The van der Waals surface area contributed by atoms with Crippen LogP contribution in [0.4, 0.5) is 0 Å². The summed E-state index contributed by atoms with van der Waals surface area (Å²) in [6.45, 7) is -0.424. The van der Waals surface area contributed by atoms with Crippen molar-refractivity contribution in [2.24, 2.45) is 0 Å². The van der Waals surface area contributed by atoms with Gasteiger partial charge >= 0.3 is 5.97 Å². The lowest BCUT2D eigenvalue weighted by Gasteiger charge is -2.25. The Bertz CT molecular complexity index is 223. The second-order valence-electron chi connectivity index (χ2n) is 4.25. The molecule has 0 bridgehead atoms. The number of likely N-dealkylation sites (N-methyl/N-ethyl adjacent to an activating group) is 1. The average Bonchev–Trinajstić information content (AvgIpc) is 1.99. The third-order valence-corrected chi connectivity index (χ3v) is 1.30. The number of nitrogens with zero attached hydrogens (tertiary/aromatic N) is 1. The summed E-state index contributed by atoms with van der Waals surface area (Å²) in [6.07, 6.45) is -0.914. The smallest absolute Gasteiger partial charge is 0.306 e. The number of carboxylic acid groups (broad SMARTS) is 2. The van der Waals surface area contributed by atoms with Crippen LogP contribution in [0, 0.1) is 0 Å². The number of quaternary nitrogens is 1. The van der Waals surface area contributed by atoms with Crippen molar-refractivity contribution in [2.75, 3.05) is 34.3 Å². The maximum Gasteiger partial charge on any atom is 0.306 e. The molecule has 0 aromatic heterocycles. The Morgan fingerprint density at radius 1 is 1.31 bits per heavy atom. The van der Waals surface area contributed by atoms with E-state index in [2.05, 4.69) is 0 Å². The van der Waals surface area contributed by atoms with E-state index in [4.69, 9.17) is 25.2 Å². The van der Waals surface area contributed by atoms with Crippen LogP contribution < -0.4 is 5.11 Å². The van der Waals surface area contributed by atoms with Crippen molar-refractivity contribution >= 4 is 11.9 Å².